The molecule has 3 aromatic rings. The first-order valence-electron chi connectivity index (χ1n) is 8.52. The van der Waals surface area contributed by atoms with Gasteiger partial charge in [-0.2, -0.15) is 0 Å². The number of amides is 1. The van der Waals surface area contributed by atoms with Crippen LogP contribution < -0.4 is 0 Å². The number of nitrogens with zero attached hydrogens (tertiary/aromatic N) is 6. The Morgan fingerprint density at radius 1 is 1.15 bits per heavy atom. The van der Waals surface area contributed by atoms with E-state index in [4.69, 9.17) is 4.42 Å². The number of aryl methyl sites for hydroxylation is 1. The quantitative estimate of drug-likeness (QED) is 0.714. The van der Waals surface area contributed by atoms with E-state index in [0.29, 0.717) is 41.8 Å². The zero-order valence-electron chi connectivity index (χ0n) is 14.4. The van der Waals surface area contributed by atoms with Crippen molar-refractivity contribution < 1.29 is 9.21 Å². The number of carbonyl (C=O) groups is 1. The number of hydrogen-bond donors (Lipinski definition) is 0. The van der Waals surface area contributed by atoms with E-state index >= 15 is 0 Å². The van der Waals surface area contributed by atoms with Crippen LogP contribution in [0.15, 0.2) is 41.3 Å². The summed E-state index contributed by atoms with van der Waals surface area (Å²) in [5, 5.41) is 8.29. The van der Waals surface area contributed by atoms with Crippen LogP contribution in [0.5, 0.6) is 0 Å². The summed E-state index contributed by atoms with van der Waals surface area (Å²) >= 11 is 0. The number of hydrogen-bond acceptors (Lipinski definition) is 7. The average molecular weight is 350 g/mol. The van der Waals surface area contributed by atoms with E-state index in [9.17, 15) is 4.79 Å². The summed E-state index contributed by atoms with van der Waals surface area (Å²) in [6, 6.07) is 3.56. The van der Waals surface area contributed by atoms with Crippen molar-refractivity contribution in [2.45, 2.75) is 25.7 Å². The zero-order valence-corrected chi connectivity index (χ0v) is 14.4. The highest BCUT2D eigenvalue weighted by molar-refractivity contribution is 5.93. The molecule has 26 heavy (non-hydrogen) atoms. The summed E-state index contributed by atoms with van der Waals surface area (Å²) in [5.41, 5.74) is 1.32. The van der Waals surface area contributed by atoms with Gasteiger partial charge in [0.05, 0.1) is 11.1 Å². The molecule has 0 radical (unpaired) electrons. The molecule has 0 aliphatic carbocycles. The van der Waals surface area contributed by atoms with Crippen LogP contribution in [-0.2, 0) is 0 Å². The Labute approximate surface area is 150 Å². The maximum atomic E-state index is 12.5. The lowest BCUT2D eigenvalue weighted by molar-refractivity contribution is 0.0706. The highest BCUT2D eigenvalue weighted by Gasteiger charge is 2.28. The Kier molecular flexibility index (Phi) is 4.39. The summed E-state index contributed by atoms with van der Waals surface area (Å²) in [6.45, 7) is 3.14. The first kappa shape index (κ1) is 16.3. The molecule has 132 valence electrons. The summed E-state index contributed by atoms with van der Waals surface area (Å²) in [6.07, 6.45) is 8.19. The number of piperidine rings is 1. The van der Waals surface area contributed by atoms with Gasteiger partial charge in [-0.05, 0) is 31.9 Å². The Morgan fingerprint density at radius 2 is 1.92 bits per heavy atom. The van der Waals surface area contributed by atoms with Gasteiger partial charge in [-0.25, -0.2) is 9.97 Å². The number of rotatable bonds is 3. The molecule has 0 aromatic carbocycles. The molecule has 4 rings (SSSR count). The van der Waals surface area contributed by atoms with E-state index in [1.807, 2.05) is 11.8 Å². The lowest BCUT2D eigenvalue weighted by atomic mass is 9.96. The fourth-order valence-electron chi connectivity index (χ4n) is 3.02. The van der Waals surface area contributed by atoms with Gasteiger partial charge in [0.2, 0.25) is 5.89 Å². The molecule has 0 saturated carbocycles. The number of pyridine rings is 1. The first-order chi connectivity index (χ1) is 12.7. The van der Waals surface area contributed by atoms with E-state index in [2.05, 4.69) is 25.1 Å². The van der Waals surface area contributed by atoms with Gasteiger partial charge in [0.1, 0.15) is 5.82 Å². The van der Waals surface area contributed by atoms with Crippen molar-refractivity contribution in [2.24, 2.45) is 0 Å². The van der Waals surface area contributed by atoms with Crippen molar-refractivity contribution in [1.82, 2.24) is 30.0 Å². The van der Waals surface area contributed by atoms with Crippen molar-refractivity contribution in [1.29, 1.82) is 0 Å². The van der Waals surface area contributed by atoms with Crippen LogP contribution in [0.4, 0.5) is 0 Å². The third-order valence-electron chi connectivity index (χ3n) is 4.51. The van der Waals surface area contributed by atoms with Crippen molar-refractivity contribution in [2.75, 3.05) is 13.1 Å². The third-order valence-corrected chi connectivity index (χ3v) is 4.51. The molecule has 1 saturated heterocycles. The molecule has 0 N–H and O–H groups in total. The van der Waals surface area contributed by atoms with Crippen LogP contribution in [0.25, 0.3) is 11.5 Å². The highest BCUT2D eigenvalue weighted by Crippen LogP contribution is 2.29. The SMILES string of the molecule is Cc1ncc(-c2nnc(C3CCN(C(=O)c4cccnc4)CC3)o2)cn1. The molecular weight excluding hydrogens is 332 g/mol. The fourth-order valence-corrected chi connectivity index (χ4v) is 3.02. The number of likely N-dealkylation sites (tertiary alicyclic amines) is 1. The van der Waals surface area contributed by atoms with Crippen LogP contribution in [0, 0.1) is 6.92 Å². The minimum atomic E-state index is 0.0135. The third kappa shape index (κ3) is 3.30. The summed E-state index contributed by atoms with van der Waals surface area (Å²) in [5.74, 6) is 1.89. The van der Waals surface area contributed by atoms with Crippen molar-refractivity contribution in [3.05, 3.63) is 54.2 Å². The monoisotopic (exact) mass is 350 g/mol. The van der Waals surface area contributed by atoms with E-state index in [0.717, 1.165) is 12.8 Å². The normalized spacial score (nSPS) is 15.2. The van der Waals surface area contributed by atoms with Gasteiger partial charge in [0, 0.05) is 43.8 Å². The van der Waals surface area contributed by atoms with E-state index in [1.54, 1.807) is 36.9 Å². The number of carbonyl (C=O) groups excluding carboxylic acids is 1. The molecule has 8 nitrogen and oxygen atoms in total. The first-order valence-corrected chi connectivity index (χ1v) is 8.52. The lowest BCUT2D eigenvalue weighted by Gasteiger charge is -2.30. The van der Waals surface area contributed by atoms with Gasteiger partial charge in [-0.3, -0.25) is 9.78 Å². The Balaban J connectivity index is 1.41. The second-order valence-corrected chi connectivity index (χ2v) is 6.27. The van der Waals surface area contributed by atoms with E-state index in [-0.39, 0.29) is 11.8 Å². The lowest BCUT2D eigenvalue weighted by Crippen LogP contribution is -2.38. The Morgan fingerprint density at radius 3 is 2.62 bits per heavy atom. The Bertz CT molecular complexity index is 886. The largest absolute Gasteiger partial charge is 0.420 e. The van der Waals surface area contributed by atoms with Crippen molar-refractivity contribution in [3.63, 3.8) is 0 Å². The van der Waals surface area contributed by atoms with Crippen LogP contribution in [0.2, 0.25) is 0 Å². The molecule has 1 fully saturated rings. The summed E-state index contributed by atoms with van der Waals surface area (Å²) in [4.78, 5) is 26.6. The van der Waals surface area contributed by atoms with Gasteiger partial charge < -0.3 is 9.32 Å². The minimum absolute atomic E-state index is 0.0135. The molecule has 8 heteroatoms. The molecule has 1 amide bonds. The predicted octanol–water partition coefficient (Wildman–Crippen LogP) is 2.25. The molecule has 3 aromatic heterocycles. The van der Waals surface area contributed by atoms with Crippen LogP contribution in [0.3, 0.4) is 0 Å². The maximum Gasteiger partial charge on any atom is 0.255 e. The van der Waals surface area contributed by atoms with E-state index < -0.39 is 0 Å². The Hall–Kier alpha value is -3.16. The molecule has 0 atom stereocenters. The van der Waals surface area contributed by atoms with Gasteiger partial charge >= 0.3 is 0 Å². The van der Waals surface area contributed by atoms with Crippen LogP contribution in [0.1, 0.15) is 40.8 Å². The second-order valence-electron chi connectivity index (χ2n) is 6.27. The molecule has 0 bridgehead atoms. The van der Waals surface area contributed by atoms with E-state index in [1.165, 1.54) is 0 Å². The van der Waals surface area contributed by atoms with Crippen LogP contribution >= 0.6 is 0 Å². The van der Waals surface area contributed by atoms with Crippen molar-refractivity contribution >= 4 is 5.91 Å². The molecule has 0 spiro atoms. The second kappa shape index (κ2) is 6.99. The van der Waals surface area contributed by atoms with Gasteiger partial charge in [0.15, 0.2) is 0 Å². The smallest absolute Gasteiger partial charge is 0.255 e. The van der Waals surface area contributed by atoms with Gasteiger partial charge in [0.25, 0.3) is 11.8 Å². The van der Waals surface area contributed by atoms with Gasteiger partial charge in [-0.1, -0.05) is 0 Å². The minimum Gasteiger partial charge on any atom is -0.420 e. The summed E-state index contributed by atoms with van der Waals surface area (Å²) in [7, 11) is 0. The molecule has 1 aliphatic rings. The molecule has 0 unspecified atom stereocenters. The topological polar surface area (TPSA) is 97.9 Å². The molecular formula is C18H18N6O2. The maximum absolute atomic E-state index is 12.5. The highest BCUT2D eigenvalue weighted by atomic mass is 16.4. The predicted molar refractivity (Wildman–Crippen MR) is 92.2 cm³/mol. The van der Waals surface area contributed by atoms with Crippen molar-refractivity contribution in [3.8, 4) is 11.5 Å². The number of aromatic nitrogens is 5. The fraction of sp³-hybridized carbons (Fsp3) is 0.333. The standard InChI is InChI=1S/C18H18N6O2/c1-12-20-10-15(11-21-12)17-23-22-16(26-17)13-4-7-24(8-5-13)18(25)14-3-2-6-19-9-14/h2-3,6,9-11,13H,4-5,7-8H2,1H3. The average Bonchev–Trinajstić information content (AvgIpc) is 3.19. The zero-order chi connectivity index (χ0) is 17.9. The molecule has 4 heterocycles. The van der Waals surface area contributed by atoms with Gasteiger partial charge in [-0.15, -0.1) is 10.2 Å². The van der Waals surface area contributed by atoms with Crippen LogP contribution in [-0.4, -0.2) is 49.0 Å². The molecule has 1 aliphatic heterocycles. The summed E-state index contributed by atoms with van der Waals surface area (Å²) < 4.78 is 5.81.